The maximum absolute atomic E-state index is 13.0. The third kappa shape index (κ3) is 4.79. The Bertz CT molecular complexity index is 963. The number of nitrogens with one attached hydrogen (secondary N) is 1. The second kappa shape index (κ2) is 8.97. The van der Waals surface area contributed by atoms with Crippen LogP contribution in [-0.2, 0) is 10.0 Å². The molecular weight excluding hydrogens is 388 g/mol. The van der Waals surface area contributed by atoms with Gasteiger partial charge in [-0.25, -0.2) is 8.42 Å². The van der Waals surface area contributed by atoms with Crippen molar-refractivity contribution in [2.75, 3.05) is 25.5 Å². The van der Waals surface area contributed by atoms with Crippen LogP contribution in [0.25, 0.3) is 0 Å². The molecule has 1 saturated heterocycles. The molecule has 7 heteroatoms. The fraction of sp³-hybridized carbons (Fsp3) is 0.409. The lowest BCUT2D eigenvalue weighted by molar-refractivity contribution is 0.102. The maximum atomic E-state index is 13.0. The van der Waals surface area contributed by atoms with Gasteiger partial charge in [-0.1, -0.05) is 32.4 Å². The molecule has 1 heterocycles. The summed E-state index contributed by atoms with van der Waals surface area (Å²) in [5.74, 6) is 0.324. The number of methoxy groups -OCH3 is 1. The van der Waals surface area contributed by atoms with E-state index >= 15 is 0 Å². The average molecular weight is 417 g/mol. The van der Waals surface area contributed by atoms with Crippen LogP contribution in [-0.4, -0.2) is 38.8 Å². The number of piperidine rings is 1. The summed E-state index contributed by atoms with van der Waals surface area (Å²) in [7, 11) is -2.17. The fourth-order valence-electron chi connectivity index (χ4n) is 3.43. The lowest BCUT2D eigenvalue weighted by Gasteiger charge is -2.26. The number of amides is 1. The van der Waals surface area contributed by atoms with Crippen molar-refractivity contribution >= 4 is 21.6 Å². The van der Waals surface area contributed by atoms with E-state index in [1.165, 1.54) is 35.2 Å². The first-order chi connectivity index (χ1) is 13.8. The molecule has 0 atom stereocenters. The standard InChI is InChI=1S/C22H28N2O4S/c1-16(2)17-7-9-18(10-8-17)23-22(25)20-15-19(11-12-21(20)28-3)29(26,27)24-13-5-4-6-14-24/h7-12,15-16H,4-6,13-14H2,1-3H3,(H,23,25). The first-order valence-electron chi connectivity index (χ1n) is 9.92. The number of anilines is 1. The summed E-state index contributed by atoms with van der Waals surface area (Å²) in [6.45, 7) is 5.23. The number of nitrogens with zero attached hydrogens (tertiary/aromatic N) is 1. The van der Waals surface area contributed by atoms with Crippen molar-refractivity contribution in [1.29, 1.82) is 0 Å². The summed E-state index contributed by atoms with van der Waals surface area (Å²) in [6, 6.07) is 12.1. The predicted molar refractivity (Wildman–Crippen MR) is 114 cm³/mol. The van der Waals surface area contributed by atoms with Gasteiger partial charge in [-0.3, -0.25) is 4.79 Å². The van der Waals surface area contributed by atoms with E-state index in [0.29, 0.717) is 30.4 Å². The van der Waals surface area contributed by atoms with Crippen LogP contribution in [0.2, 0.25) is 0 Å². The molecular formula is C22H28N2O4S. The van der Waals surface area contributed by atoms with Gasteiger partial charge < -0.3 is 10.1 Å². The molecule has 2 aromatic rings. The lowest BCUT2D eigenvalue weighted by atomic mass is 10.0. The van der Waals surface area contributed by atoms with Crippen LogP contribution in [0, 0.1) is 0 Å². The van der Waals surface area contributed by atoms with Crippen molar-refractivity contribution in [3.8, 4) is 5.75 Å². The summed E-state index contributed by atoms with van der Waals surface area (Å²) < 4.78 is 32.7. The topological polar surface area (TPSA) is 75.7 Å². The number of hydrogen-bond acceptors (Lipinski definition) is 4. The number of hydrogen-bond donors (Lipinski definition) is 1. The van der Waals surface area contributed by atoms with Gasteiger partial charge in [-0.2, -0.15) is 4.31 Å². The van der Waals surface area contributed by atoms with Crippen molar-refractivity contribution in [1.82, 2.24) is 4.31 Å². The molecule has 0 bridgehead atoms. The normalized spacial score (nSPS) is 15.3. The molecule has 1 aliphatic heterocycles. The molecule has 0 radical (unpaired) electrons. The molecule has 1 N–H and O–H groups in total. The van der Waals surface area contributed by atoms with Gasteiger partial charge in [-0.15, -0.1) is 0 Å². The maximum Gasteiger partial charge on any atom is 0.259 e. The highest BCUT2D eigenvalue weighted by Crippen LogP contribution is 2.27. The average Bonchev–Trinajstić information content (AvgIpc) is 2.74. The highest BCUT2D eigenvalue weighted by Gasteiger charge is 2.27. The Morgan fingerprint density at radius 2 is 1.69 bits per heavy atom. The predicted octanol–water partition coefficient (Wildman–Crippen LogP) is 4.25. The van der Waals surface area contributed by atoms with E-state index in [9.17, 15) is 13.2 Å². The van der Waals surface area contributed by atoms with E-state index in [4.69, 9.17) is 4.74 Å². The second-order valence-electron chi connectivity index (χ2n) is 7.56. The van der Waals surface area contributed by atoms with Crippen LogP contribution >= 0.6 is 0 Å². The Morgan fingerprint density at radius 1 is 1.03 bits per heavy atom. The zero-order chi connectivity index (χ0) is 21.0. The fourth-order valence-corrected chi connectivity index (χ4v) is 4.97. The largest absolute Gasteiger partial charge is 0.496 e. The molecule has 0 aromatic heterocycles. The van der Waals surface area contributed by atoms with E-state index in [-0.39, 0.29) is 10.5 Å². The van der Waals surface area contributed by atoms with E-state index in [2.05, 4.69) is 19.2 Å². The highest BCUT2D eigenvalue weighted by molar-refractivity contribution is 7.89. The third-order valence-electron chi connectivity index (χ3n) is 5.20. The van der Waals surface area contributed by atoms with Crippen LogP contribution in [0.4, 0.5) is 5.69 Å². The Balaban J connectivity index is 1.87. The first kappa shape index (κ1) is 21.3. The Morgan fingerprint density at radius 3 is 2.28 bits per heavy atom. The minimum Gasteiger partial charge on any atom is -0.496 e. The monoisotopic (exact) mass is 416 g/mol. The van der Waals surface area contributed by atoms with Gasteiger partial charge in [0.15, 0.2) is 0 Å². The number of carbonyl (C=O) groups is 1. The molecule has 6 nitrogen and oxygen atoms in total. The number of ether oxygens (including phenoxy) is 1. The van der Waals surface area contributed by atoms with Crippen LogP contribution in [0.15, 0.2) is 47.4 Å². The third-order valence-corrected chi connectivity index (χ3v) is 7.10. The van der Waals surface area contributed by atoms with Crippen LogP contribution in [0.3, 0.4) is 0 Å². The lowest BCUT2D eigenvalue weighted by Crippen LogP contribution is -2.35. The molecule has 156 valence electrons. The SMILES string of the molecule is COc1ccc(S(=O)(=O)N2CCCCC2)cc1C(=O)Nc1ccc(C(C)C)cc1. The van der Waals surface area contributed by atoms with Crippen molar-refractivity contribution in [2.45, 2.75) is 43.9 Å². The van der Waals surface area contributed by atoms with Crippen LogP contribution in [0.5, 0.6) is 5.75 Å². The van der Waals surface area contributed by atoms with Crippen LogP contribution in [0.1, 0.15) is 54.9 Å². The van der Waals surface area contributed by atoms with Gasteiger partial charge in [0.25, 0.3) is 5.91 Å². The summed E-state index contributed by atoms with van der Waals surface area (Å²) in [5, 5.41) is 2.83. The summed E-state index contributed by atoms with van der Waals surface area (Å²) >= 11 is 0. The number of carbonyl (C=O) groups excluding carboxylic acids is 1. The minimum atomic E-state index is -3.63. The van der Waals surface area contributed by atoms with E-state index in [1.54, 1.807) is 0 Å². The quantitative estimate of drug-likeness (QED) is 0.764. The van der Waals surface area contributed by atoms with Gasteiger partial charge in [0.2, 0.25) is 10.0 Å². The molecule has 2 aromatic carbocycles. The van der Waals surface area contributed by atoms with Crippen molar-refractivity contribution in [3.63, 3.8) is 0 Å². The van der Waals surface area contributed by atoms with Crippen molar-refractivity contribution in [2.24, 2.45) is 0 Å². The van der Waals surface area contributed by atoms with Crippen LogP contribution < -0.4 is 10.1 Å². The van der Waals surface area contributed by atoms with Crippen molar-refractivity contribution < 1.29 is 17.9 Å². The number of benzene rings is 2. The second-order valence-corrected chi connectivity index (χ2v) is 9.50. The minimum absolute atomic E-state index is 0.112. The molecule has 3 rings (SSSR count). The number of sulfonamides is 1. The zero-order valence-electron chi connectivity index (χ0n) is 17.1. The molecule has 0 spiro atoms. The molecule has 1 aliphatic rings. The van der Waals surface area contributed by atoms with E-state index in [0.717, 1.165) is 19.3 Å². The van der Waals surface area contributed by atoms with E-state index in [1.807, 2.05) is 24.3 Å². The Hall–Kier alpha value is -2.38. The van der Waals surface area contributed by atoms with Gasteiger partial charge in [-0.05, 0) is 54.7 Å². The summed E-state index contributed by atoms with van der Waals surface area (Å²) in [6.07, 6.45) is 2.75. The molecule has 29 heavy (non-hydrogen) atoms. The van der Waals surface area contributed by atoms with Gasteiger partial charge in [0, 0.05) is 18.8 Å². The van der Waals surface area contributed by atoms with Gasteiger partial charge >= 0.3 is 0 Å². The Kier molecular flexibility index (Phi) is 6.59. The Labute approximate surface area is 172 Å². The van der Waals surface area contributed by atoms with Gasteiger partial charge in [0.1, 0.15) is 5.75 Å². The van der Waals surface area contributed by atoms with Gasteiger partial charge in [0.05, 0.1) is 17.6 Å². The molecule has 0 unspecified atom stereocenters. The number of rotatable bonds is 6. The summed E-state index contributed by atoms with van der Waals surface area (Å²) in [4.78, 5) is 13.0. The molecule has 0 saturated carbocycles. The molecule has 1 amide bonds. The zero-order valence-corrected chi connectivity index (χ0v) is 18.0. The summed E-state index contributed by atoms with van der Waals surface area (Å²) in [5.41, 5.74) is 2.01. The highest BCUT2D eigenvalue weighted by atomic mass is 32.2. The van der Waals surface area contributed by atoms with E-state index < -0.39 is 15.9 Å². The van der Waals surface area contributed by atoms with Crippen molar-refractivity contribution in [3.05, 3.63) is 53.6 Å². The first-order valence-corrected chi connectivity index (χ1v) is 11.4. The molecule has 1 fully saturated rings. The smallest absolute Gasteiger partial charge is 0.259 e. The molecule has 0 aliphatic carbocycles.